The largest absolute Gasteiger partial charge is 0.253 e. The monoisotopic (exact) mass is 213 g/mol. The van der Waals surface area contributed by atoms with Crippen LogP contribution in [0.5, 0.6) is 0 Å². The van der Waals surface area contributed by atoms with E-state index in [1.807, 2.05) is 37.3 Å². The normalized spacial score (nSPS) is 9.69. The Bertz CT molecular complexity index is 389. The maximum Gasteiger partial charge on any atom is 0.0719 e. The van der Waals surface area contributed by atoms with Gasteiger partial charge in [-0.15, -0.1) is 12.4 Å². The van der Waals surface area contributed by atoms with Gasteiger partial charge in [0.1, 0.15) is 0 Å². The van der Waals surface area contributed by atoms with Crippen LogP contribution in [0.25, 0.3) is 10.9 Å². The lowest BCUT2D eigenvalue weighted by Crippen LogP contribution is -1.81. The van der Waals surface area contributed by atoms with Gasteiger partial charge in [-0.2, -0.15) is 0 Å². The predicted octanol–water partition coefficient (Wildman–Crippen LogP) is 3.62. The number of aromatic nitrogens is 1. The Morgan fingerprint density at radius 2 is 1.85 bits per heavy atom. The average molecular weight is 214 g/mol. The fourth-order valence-corrected chi connectivity index (χ4v) is 1.36. The molecule has 0 aliphatic carbocycles. The van der Waals surface area contributed by atoms with Crippen LogP contribution in [0.2, 0.25) is 5.02 Å². The van der Waals surface area contributed by atoms with Crippen molar-refractivity contribution in [2.24, 2.45) is 0 Å². The molecule has 0 saturated heterocycles. The molecule has 1 nitrogen and oxygen atoms in total. The molecule has 0 spiro atoms. The van der Waals surface area contributed by atoms with Crippen molar-refractivity contribution in [2.45, 2.75) is 6.92 Å². The zero-order chi connectivity index (χ0) is 8.55. The van der Waals surface area contributed by atoms with Gasteiger partial charge in [-0.3, -0.25) is 4.98 Å². The standard InChI is InChI=1S/C10H8ClN.ClH/c1-7-2-3-8-4-5-9(11)6-10(8)12-7;/h2-6H,1H3;1H. The summed E-state index contributed by atoms with van der Waals surface area (Å²) in [5, 5.41) is 1.87. The van der Waals surface area contributed by atoms with Crippen molar-refractivity contribution in [1.29, 1.82) is 0 Å². The Kier molecular flexibility index (Phi) is 3.12. The summed E-state index contributed by atoms with van der Waals surface area (Å²) in [4.78, 5) is 4.35. The van der Waals surface area contributed by atoms with Crippen molar-refractivity contribution in [3.8, 4) is 0 Å². The lowest BCUT2D eigenvalue weighted by molar-refractivity contribution is 1.26. The lowest BCUT2D eigenvalue weighted by atomic mass is 10.2. The van der Waals surface area contributed by atoms with E-state index in [0.717, 1.165) is 21.6 Å². The Hall–Kier alpha value is -0.790. The van der Waals surface area contributed by atoms with Gasteiger partial charge in [0.2, 0.25) is 0 Å². The first-order valence-corrected chi connectivity index (χ1v) is 4.16. The summed E-state index contributed by atoms with van der Waals surface area (Å²) in [5.74, 6) is 0. The van der Waals surface area contributed by atoms with Crippen LogP contribution in [0.4, 0.5) is 0 Å². The molecule has 0 aliphatic rings. The van der Waals surface area contributed by atoms with Crippen molar-refractivity contribution >= 4 is 34.9 Å². The minimum atomic E-state index is 0. The van der Waals surface area contributed by atoms with E-state index < -0.39 is 0 Å². The van der Waals surface area contributed by atoms with Crippen molar-refractivity contribution < 1.29 is 0 Å². The van der Waals surface area contributed by atoms with E-state index in [0.29, 0.717) is 0 Å². The van der Waals surface area contributed by atoms with Gasteiger partial charge < -0.3 is 0 Å². The molecule has 3 heteroatoms. The zero-order valence-electron chi connectivity index (χ0n) is 7.12. The molecular weight excluding hydrogens is 205 g/mol. The summed E-state index contributed by atoms with van der Waals surface area (Å²) >= 11 is 5.83. The molecule has 0 radical (unpaired) electrons. The van der Waals surface area contributed by atoms with Gasteiger partial charge in [0.15, 0.2) is 0 Å². The van der Waals surface area contributed by atoms with Gasteiger partial charge >= 0.3 is 0 Å². The van der Waals surface area contributed by atoms with E-state index in [9.17, 15) is 0 Å². The smallest absolute Gasteiger partial charge is 0.0719 e. The molecule has 1 aromatic carbocycles. The van der Waals surface area contributed by atoms with Crippen LogP contribution >= 0.6 is 24.0 Å². The summed E-state index contributed by atoms with van der Waals surface area (Å²) < 4.78 is 0. The first-order chi connectivity index (χ1) is 5.75. The Labute approximate surface area is 88.2 Å². The number of hydrogen-bond acceptors (Lipinski definition) is 1. The molecule has 0 saturated carbocycles. The highest BCUT2D eigenvalue weighted by Crippen LogP contribution is 2.17. The van der Waals surface area contributed by atoms with E-state index in [-0.39, 0.29) is 12.4 Å². The van der Waals surface area contributed by atoms with Crippen LogP contribution in [0.1, 0.15) is 5.69 Å². The highest BCUT2D eigenvalue weighted by Gasteiger charge is 1.95. The van der Waals surface area contributed by atoms with Gasteiger partial charge in [0, 0.05) is 16.1 Å². The second kappa shape index (κ2) is 3.95. The fourth-order valence-electron chi connectivity index (χ4n) is 1.19. The quantitative estimate of drug-likeness (QED) is 0.652. The Balaban J connectivity index is 0.000000845. The van der Waals surface area contributed by atoms with Gasteiger partial charge in [0.25, 0.3) is 0 Å². The number of pyridine rings is 1. The van der Waals surface area contributed by atoms with Crippen LogP contribution in [0, 0.1) is 6.92 Å². The first kappa shape index (κ1) is 10.3. The van der Waals surface area contributed by atoms with Crippen LogP contribution < -0.4 is 0 Å². The molecule has 0 amide bonds. The van der Waals surface area contributed by atoms with Crippen LogP contribution in [0.3, 0.4) is 0 Å². The Morgan fingerprint density at radius 3 is 2.62 bits per heavy atom. The fraction of sp³-hybridized carbons (Fsp3) is 0.100. The number of rotatable bonds is 0. The topological polar surface area (TPSA) is 12.9 Å². The SMILES string of the molecule is Cc1ccc2ccc(Cl)cc2n1.Cl. The number of hydrogen-bond donors (Lipinski definition) is 0. The van der Waals surface area contributed by atoms with Crippen molar-refractivity contribution in [3.63, 3.8) is 0 Å². The van der Waals surface area contributed by atoms with E-state index >= 15 is 0 Å². The van der Waals surface area contributed by atoms with Gasteiger partial charge in [-0.1, -0.05) is 23.7 Å². The molecule has 0 fully saturated rings. The molecule has 0 aliphatic heterocycles. The molecule has 1 aromatic heterocycles. The highest BCUT2D eigenvalue weighted by atomic mass is 35.5. The summed E-state index contributed by atoms with van der Waals surface area (Å²) in [6.45, 7) is 1.97. The van der Waals surface area contributed by atoms with Gasteiger partial charge in [-0.25, -0.2) is 0 Å². The molecular formula is C10H9Cl2N. The molecule has 0 unspecified atom stereocenters. The maximum atomic E-state index is 5.83. The first-order valence-electron chi connectivity index (χ1n) is 3.78. The second-order valence-electron chi connectivity index (χ2n) is 2.79. The van der Waals surface area contributed by atoms with E-state index in [2.05, 4.69) is 4.98 Å². The molecule has 0 N–H and O–H groups in total. The Morgan fingerprint density at radius 1 is 1.15 bits per heavy atom. The average Bonchev–Trinajstić information content (AvgIpc) is 2.03. The van der Waals surface area contributed by atoms with Gasteiger partial charge in [0.05, 0.1) is 5.52 Å². The molecule has 1 heterocycles. The van der Waals surface area contributed by atoms with Crippen LogP contribution in [-0.4, -0.2) is 4.98 Å². The summed E-state index contributed by atoms with van der Waals surface area (Å²) in [6, 6.07) is 9.78. The van der Waals surface area contributed by atoms with Crippen molar-refractivity contribution in [3.05, 3.63) is 41.0 Å². The number of halogens is 2. The van der Waals surface area contributed by atoms with E-state index in [1.54, 1.807) is 0 Å². The third-order valence-electron chi connectivity index (χ3n) is 1.79. The minimum Gasteiger partial charge on any atom is -0.253 e. The second-order valence-corrected chi connectivity index (χ2v) is 3.23. The minimum absolute atomic E-state index is 0. The van der Waals surface area contributed by atoms with Gasteiger partial charge in [-0.05, 0) is 25.1 Å². The molecule has 13 heavy (non-hydrogen) atoms. The summed E-state index contributed by atoms with van der Waals surface area (Å²) in [7, 11) is 0. The maximum absolute atomic E-state index is 5.83. The van der Waals surface area contributed by atoms with Crippen molar-refractivity contribution in [1.82, 2.24) is 4.98 Å². The third kappa shape index (κ3) is 2.11. The number of aryl methyl sites for hydroxylation is 1. The number of fused-ring (bicyclic) bond motifs is 1. The van der Waals surface area contributed by atoms with Crippen LogP contribution in [0.15, 0.2) is 30.3 Å². The lowest BCUT2D eigenvalue weighted by Gasteiger charge is -1.98. The highest BCUT2D eigenvalue weighted by molar-refractivity contribution is 6.31. The van der Waals surface area contributed by atoms with E-state index in [1.165, 1.54) is 0 Å². The molecule has 0 bridgehead atoms. The van der Waals surface area contributed by atoms with Crippen molar-refractivity contribution in [2.75, 3.05) is 0 Å². The third-order valence-corrected chi connectivity index (χ3v) is 2.03. The molecule has 0 atom stereocenters. The molecule has 2 rings (SSSR count). The van der Waals surface area contributed by atoms with E-state index in [4.69, 9.17) is 11.6 Å². The molecule has 2 aromatic rings. The zero-order valence-corrected chi connectivity index (χ0v) is 8.69. The number of benzene rings is 1. The summed E-state index contributed by atoms with van der Waals surface area (Å²) in [5.41, 5.74) is 1.98. The number of nitrogens with zero attached hydrogens (tertiary/aromatic N) is 1. The van der Waals surface area contributed by atoms with Crippen LogP contribution in [-0.2, 0) is 0 Å². The summed E-state index contributed by atoms with van der Waals surface area (Å²) in [6.07, 6.45) is 0. The molecule has 68 valence electrons. The predicted molar refractivity (Wildman–Crippen MR) is 58.7 cm³/mol.